The highest BCUT2D eigenvalue weighted by Crippen LogP contribution is 2.32. The molecular weight excluding hydrogens is 286 g/mol. The van der Waals surface area contributed by atoms with E-state index < -0.39 is 6.10 Å². The highest BCUT2D eigenvalue weighted by molar-refractivity contribution is 9.10. The highest BCUT2D eigenvalue weighted by Gasteiger charge is 2.19. The van der Waals surface area contributed by atoms with Crippen LogP contribution in [0.1, 0.15) is 22.6 Å². The van der Waals surface area contributed by atoms with Gasteiger partial charge in [-0.2, -0.15) is 0 Å². The number of hydrogen-bond acceptors (Lipinski definition) is 3. The maximum Gasteiger partial charge on any atom is 0.107 e. The summed E-state index contributed by atoms with van der Waals surface area (Å²) in [5, 5.41) is 12.1. The molecule has 0 saturated carbocycles. The SMILES string of the molecule is NC(c1ccccc1)C(O)c1cc(Br)cs1. The molecule has 0 aliphatic heterocycles. The van der Waals surface area contributed by atoms with Gasteiger partial charge < -0.3 is 10.8 Å². The molecule has 2 atom stereocenters. The van der Waals surface area contributed by atoms with E-state index >= 15 is 0 Å². The standard InChI is InChI=1S/C12H12BrNOS/c13-9-6-10(16-7-9)12(15)11(14)8-4-2-1-3-5-8/h1-7,11-12,15H,14H2. The van der Waals surface area contributed by atoms with Crippen LogP contribution in [0.25, 0.3) is 0 Å². The molecular formula is C12H12BrNOS. The Balaban J connectivity index is 2.19. The van der Waals surface area contributed by atoms with Gasteiger partial charge in [0.1, 0.15) is 6.10 Å². The third-order valence-corrected chi connectivity index (χ3v) is 4.17. The zero-order chi connectivity index (χ0) is 11.5. The molecule has 0 aliphatic carbocycles. The monoisotopic (exact) mass is 297 g/mol. The van der Waals surface area contributed by atoms with E-state index in [-0.39, 0.29) is 6.04 Å². The number of aliphatic hydroxyl groups excluding tert-OH is 1. The van der Waals surface area contributed by atoms with Crippen molar-refractivity contribution in [3.8, 4) is 0 Å². The molecule has 2 nitrogen and oxygen atoms in total. The average Bonchev–Trinajstić information content (AvgIpc) is 2.75. The largest absolute Gasteiger partial charge is 0.386 e. The molecule has 2 unspecified atom stereocenters. The minimum atomic E-state index is -0.654. The predicted molar refractivity (Wildman–Crippen MR) is 70.3 cm³/mol. The second kappa shape index (κ2) is 5.10. The lowest BCUT2D eigenvalue weighted by Gasteiger charge is -2.17. The number of hydrogen-bond donors (Lipinski definition) is 2. The van der Waals surface area contributed by atoms with Crippen molar-refractivity contribution in [3.63, 3.8) is 0 Å². The van der Waals surface area contributed by atoms with Gasteiger partial charge in [0.05, 0.1) is 6.04 Å². The molecule has 84 valence electrons. The highest BCUT2D eigenvalue weighted by atomic mass is 79.9. The van der Waals surface area contributed by atoms with E-state index in [1.807, 2.05) is 41.8 Å². The van der Waals surface area contributed by atoms with Crippen LogP contribution in [0, 0.1) is 0 Å². The van der Waals surface area contributed by atoms with Gasteiger partial charge in [0.25, 0.3) is 0 Å². The fourth-order valence-electron chi connectivity index (χ4n) is 1.52. The van der Waals surface area contributed by atoms with Crippen molar-refractivity contribution in [2.45, 2.75) is 12.1 Å². The van der Waals surface area contributed by atoms with E-state index in [4.69, 9.17) is 5.73 Å². The fourth-order valence-corrected chi connectivity index (χ4v) is 2.99. The van der Waals surface area contributed by atoms with Crippen LogP contribution in [-0.2, 0) is 0 Å². The van der Waals surface area contributed by atoms with Gasteiger partial charge in [0.2, 0.25) is 0 Å². The van der Waals surface area contributed by atoms with Gasteiger partial charge in [0, 0.05) is 14.7 Å². The normalized spacial score (nSPS) is 14.7. The zero-order valence-electron chi connectivity index (χ0n) is 8.51. The Hall–Kier alpha value is -0.680. The second-order valence-electron chi connectivity index (χ2n) is 3.55. The molecule has 0 aliphatic rings. The van der Waals surface area contributed by atoms with Gasteiger partial charge in [-0.3, -0.25) is 0 Å². The summed E-state index contributed by atoms with van der Waals surface area (Å²) in [5.74, 6) is 0. The molecule has 0 amide bonds. The topological polar surface area (TPSA) is 46.2 Å². The van der Waals surface area contributed by atoms with E-state index in [0.29, 0.717) is 0 Å². The number of aliphatic hydroxyl groups is 1. The van der Waals surface area contributed by atoms with Crippen LogP contribution in [0.3, 0.4) is 0 Å². The number of rotatable bonds is 3. The molecule has 4 heteroatoms. The van der Waals surface area contributed by atoms with E-state index in [1.54, 1.807) is 0 Å². The summed E-state index contributed by atoms with van der Waals surface area (Å²) in [5.41, 5.74) is 6.97. The van der Waals surface area contributed by atoms with Crippen molar-refractivity contribution >= 4 is 27.3 Å². The molecule has 1 aromatic carbocycles. The van der Waals surface area contributed by atoms with E-state index in [2.05, 4.69) is 15.9 Å². The van der Waals surface area contributed by atoms with Gasteiger partial charge in [-0.25, -0.2) is 0 Å². The number of halogens is 1. The molecule has 0 fully saturated rings. The summed E-state index contributed by atoms with van der Waals surface area (Å²) in [6, 6.07) is 11.2. The van der Waals surface area contributed by atoms with Crippen molar-refractivity contribution in [3.05, 3.63) is 56.7 Å². The van der Waals surface area contributed by atoms with Crippen molar-refractivity contribution in [2.75, 3.05) is 0 Å². The Morgan fingerprint density at radius 1 is 1.25 bits per heavy atom. The van der Waals surface area contributed by atoms with Crippen LogP contribution in [0.5, 0.6) is 0 Å². The Bertz CT molecular complexity index is 457. The lowest BCUT2D eigenvalue weighted by Crippen LogP contribution is -2.18. The van der Waals surface area contributed by atoms with Gasteiger partial charge in [-0.05, 0) is 27.6 Å². The third-order valence-electron chi connectivity index (χ3n) is 2.40. The van der Waals surface area contributed by atoms with E-state index in [0.717, 1.165) is 14.9 Å². The van der Waals surface area contributed by atoms with Crippen LogP contribution in [-0.4, -0.2) is 5.11 Å². The summed E-state index contributed by atoms with van der Waals surface area (Å²) < 4.78 is 0.979. The van der Waals surface area contributed by atoms with Gasteiger partial charge >= 0.3 is 0 Å². The lowest BCUT2D eigenvalue weighted by molar-refractivity contribution is 0.150. The number of thiophene rings is 1. The van der Waals surface area contributed by atoms with E-state index in [1.165, 1.54) is 11.3 Å². The summed E-state index contributed by atoms with van der Waals surface area (Å²) in [7, 11) is 0. The molecule has 0 saturated heterocycles. The Morgan fingerprint density at radius 2 is 1.94 bits per heavy atom. The summed E-state index contributed by atoms with van der Waals surface area (Å²) >= 11 is 4.87. The van der Waals surface area contributed by atoms with Crippen molar-refractivity contribution in [2.24, 2.45) is 5.73 Å². The first-order valence-corrected chi connectivity index (χ1v) is 6.58. The molecule has 1 aromatic heterocycles. The molecule has 3 N–H and O–H groups in total. The average molecular weight is 298 g/mol. The minimum Gasteiger partial charge on any atom is -0.386 e. The van der Waals surface area contributed by atoms with Crippen LogP contribution in [0.15, 0.2) is 46.3 Å². The van der Waals surface area contributed by atoms with Crippen molar-refractivity contribution in [1.82, 2.24) is 0 Å². The fraction of sp³-hybridized carbons (Fsp3) is 0.167. The van der Waals surface area contributed by atoms with Gasteiger partial charge in [-0.1, -0.05) is 30.3 Å². The van der Waals surface area contributed by atoms with Crippen LogP contribution >= 0.6 is 27.3 Å². The number of nitrogens with two attached hydrogens (primary N) is 1. The maximum absolute atomic E-state index is 10.1. The molecule has 0 radical (unpaired) electrons. The van der Waals surface area contributed by atoms with E-state index in [9.17, 15) is 5.11 Å². The first kappa shape index (κ1) is 11.8. The molecule has 1 heterocycles. The second-order valence-corrected chi connectivity index (χ2v) is 5.41. The maximum atomic E-state index is 10.1. The summed E-state index contributed by atoms with van der Waals surface area (Å²) in [4.78, 5) is 0.878. The Kier molecular flexibility index (Phi) is 3.76. The Labute approximate surface area is 107 Å². The van der Waals surface area contributed by atoms with Crippen molar-refractivity contribution in [1.29, 1.82) is 0 Å². The lowest BCUT2D eigenvalue weighted by atomic mass is 10.0. The molecule has 2 rings (SSSR count). The van der Waals surface area contributed by atoms with Crippen molar-refractivity contribution < 1.29 is 5.11 Å². The number of benzene rings is 1. The zero-order valence-corrected chi connectivity index (χ0v) is 10.9. The smallest absolute Gasteiger partial charge is 0.107 e. The molecule has 0 spiro atoms. The predicted octanol–water partition coefficient (Wildman–Crippen LogP) is 3.24. The molecule has 2 aromatic rings. The van der Waals surface area contributed by atoms with Gasteiger partial charge in [-0.15, -0.1) is 11.3 Å². The first-order chi connectivity index (χ1) is 7.68. The van der Waals surface area contributed by atoms with Gasteiger partial charge in [0.15, 0.2) is 0 Å². The Morgan fingerprint density at radius 3 is 2.50 bits per heavy atom. The van der Waals surface area contributed by atoms with Crippen LogP contribution in [0.2, 0.25) is 0 Å². The summed E-state index contributed by atoms with van der Waals surface area (Å²) in [6.45, 7) is 0. The summed E-state index contributed by atoms with van der Waals surface area (Å²) in [6.07, 6.45) is -0.654. The molecule has 16 heavy (non-hydrogen) atoms. The first-order valence-electron chi connectivity index (χ1n) is 4.91. The minimum absolute atomic E-state index is 0.383. The molecule has 0 bridgehead atoms. The third kappa shape index (κ3) is 2.52. The quantitative estimate of drug-likeness (QED) is 0.913. The van der Waals surface area contributed by atoms with Crippen LogP contribution in [0.4, 0.5) is 0 Å². The van der Waals surface area contributed by atoms with Crippen LogP contribution < -0.4 is 5.73 Å².